The summed E-state index contributed by atoms with van der Waals surface area (Å²) in [6, 6.07) is 1.86. The summed E-state index contributed by atoms with van der Waals surface area (Å²) in [6.45, 7) is 4.77. The summed E-state index contributed by atoms with van der Waals surface area (Å²) in [6.07, 6.45) is 7.37. The second kappa shape index (κ2) is 6.64. The number of furan rings is 1. The number of nitrogens with zero attached hydrogens (tertiary/aromatic N) is 3. The summed E-state index contributed by atoms with van der Waals surface area (Å²) < 4.78 is 5.50. The van der Waals surface area contributed by atoms with Gasteiger partial charge in [0, 0.05) is 37.6 Å². The molecule has 142 valence electrons. The summed E-state index contributed by atoms with van der Waals surface area (Å²) in [5.74, 6) is 0.490. The molecule has 0 spiro atoms. The molecule has 3 aliphatic heterocycles. The molecule has 1 N–H and O–H groups in total. The third-order valence-corrected chi connectivity index (χ3v) is 6.12. The molecular weight excluding hydrogens is 344 g/mol. The second-order valence-corrected chi connectivity index (χ2v) is 8.03. The number of rotatable bonds is 3. The Morgan fingerprint density at radius 1 is 1.19 bits per heavy atom. The van der Waals surface area contributed by atoms with Gasteiger partial charge in [0.15, 0.2) is 5.58 Å². The fraction of sp³-hybridized carbons (Fsp3) is 0.550. The molecular formula is C20H24N4O3. The van der Waals surface area contributed by atoms with Gasteiger partial charge in [-0.05, 0) is 44.2 Å². The molecule has 2 aromatic rings. The highest BCUT2D eigenvalue weighted by Gasteiger charge is 2.33. The van der Waals surface area contributed by atoms with Crippen LogP contribution < -0.4 is 5.32 Å². The Kier molecular flexibility index (Phi) is 4.11. The van der Waals surface area contributed by atoms with Gasteiger partial charge in [-0.3, -0.25) is 9.59 Å². The molecule has 0 saturated carbocycles. The van der Waals surface area contributed by atoms with Crippen LogP contribution in [0.2, 0.25) is 0 Å². The maximum atomic E-state index is 12.7. The number of hydrogen-bond acceptors (Lipinski definition) is 5. The Balaban J connectivity index is 1.36. The van der Waals surface area contributed by atoms with Crippen molar-refractivity contribution in [2.75, 3.05) is 32.7 Å². The van der Waals surface area contributed by atoms with E-state index >= 15 is 0 Å². The first kappa shape index (κ1) is 16.7. The van der Waals surface area contributed by atoms with Crippen LogP contribution in [0.5, 0.6) is 0 Å². The molecule has 3 fully saturated rings. The summed E-state index contributed by atoms with van der Waals surface area (Å²) in [5.41, 5.74) is 1.40. The van der Waals surface area contributed by atoms with E-state index in [1.54, 1.807) is 12.3 Å². The zero-order valence-corrected chi connectivity index (χ0v) is 15.3. The lowest BCUT2D eigenvalue weighted by Crippen LogP contribution is -2.47. The lowest BCUT2D eigenvalue weighted by atomic mass is 9.97. The number of pyridine rings is 1. The highest BCUT2D eigenvalue weighted by atomic mass is 16.3. The monoisotopic (exact) mass is 368 g/mol. The molecule has 0 aromatic carbocycles. The van der Waals surface area contributed by atoms with Crippen LogP contribution in [0, 0.1) is 5.92 Å². The number of likely N-dealkylation sites (tertiary alicyclic amines) is 1. The van der Waals surface area contributed by atoms with Gasteiger partial charge in [-0.2, -0.15) is 0 Å². The quantitative estimate of drug-likeness (QED) is 0.895. The van der Waals surface area contributed by atoms with Crippen molar-refractivity contribution in [3.05, 3.63) is 29.8 Å². The molecule has 27 heavy (non-hydrogen) atoms. The highest BCUT2D eigenvalue weighted by molar-refractivity contribution is 6.07. The van der Waals surface area contributed by atoms with Gasteiger partial charge in [0.2, 0.25) is 0 Å². The Labute approximate surface area is 157 Å². The molecule has 2 aromatic heterocycles. The van der Waals surface area contributed by atoms with E-state index in [1.807, 2.05) is 4.90 Å². The van der Waals surface area contributed by atoms with Crippen LogP contribution in [0.3, 0.4) is 0 Å². The Hall–Kier alpha value is -2.41. The molecule has 2 amide bonds. The van der Waals surface area contributed by atoms with E-state index in [0.717, 1.165) is 52.0 Å². The number of fused-ring (bicyclic) bond motifs is 3. The van der Waals surface area contributed by atoms with E-state index < -0.39 is 0 Å². The average Bonchev–Trinajstić information content (AvgIpc) is 3.40. The Bertz CT molecular complexity index is 874. The van der Waals surface area contributed by atoms with Crippen molar-refractivity contribution >= 4 is 22.8 Å². The van der Waals surface area contributed by atoms with Crippen molar-refractivity contribution in [2.24, 2.45) is 5.92 Å². The van der Waals surface area contributed by atoms with Crippen LogP contribution in [0.1, 0.15) is 46.5 Å². The Morgan fingerprint density at radius 3 is 2.85 bits per heavy atom. The van der Waals surface area contributed by atoms with E-state index in [-0.39, 0.29) is 17.9 Å². The van der Waals surface area contributed by atoms with Gasteiger partial charge < -0.3 is 19.5 Å². The topological polar surface area (TPSA) is 78.7 Å². The van der Waals surface area contributed by atoms with Crippen molar-refractivity contribution in [1.82, 2.24) is 20.1 Å². The third kappa shape index (κ3) is 3.10. The van der Waals surface area contributed by atoms with Crippen molar-refractivity contribution in [3.63, 3.8) is 0 Å². The van der Waals surface area contributed by atoms with Crippen molar-refractivity contribution in [1.29, 1.82) is 0 Å². The van der Waals surface area contributed by atoms with Gasteiger partial charge in [-0.25, -0.2) is 4.98 Å². The minimum Gasteiger partial charge on any atom is -0.462 e. The van der Waals surface area contributed by atoms with Gasteiger partial charge in [0.1, 0.15) is 12.0 Å². The summed E-state index contributed by atoms with van der Waals surface area (Å²) in [5, 5.41) is 3.79. The number of hydrogen-bond donors (Lipinski definition) is 1. The minimum absolute atomic E-state index is 0.0273. The maximum absolute atomic E-state index is 12.7. The molecule has 3 aliphatic rings. The largest absolute Gasteiger partial charge is 0.462 e. The molecule has 3 saturated heterocycles. The number of nitrogens with one attached hydrogen (secondary N) is 1. The first-order valence-electron chi connectivity index (χ1n) is 9.87. The van der Waals surface area contributed by atoms with Gasteiger partial charge >= 0.3 is 0 Å². The lowest BCUT2D eigenvalue weighted by molar-refractivity contribution is 0.0793. The van der Waals surface area contributed by atoms with Crippen LogP contribution in [0.15, 0.2) is 22.9 Å². The molecule has 7 heteroatoms. The van der Waals surface area contributed by atoms with Crippen LogP contribution in [0.4, 0.5) is 0 Å². The Morgan fingerprint density at radius 2 is 2.04 bits per heavy atom. The summed E-state index contributed by atoms with van der Waals surface area (Å²) >= 11 is 0. The molecule has 7 nitrogen and oxygen atoms in total. The zero-order chi connectivity index (χ0) is 18.4. The van der Waals surface area contributed by atoms with Crippen LogP contribution in [-0.2, 0) is 0 Å². The van der Waals surface area contributed by atoms with E-state index in [0.29, 0.717) is 28.1 Å². The van der Waals surface area contributed by atoms with E-state index in [9.17, 15) is 9.59 Å². The number of carbonyl (C=O) groups is 2. The van der Waals surface area contributed by atoms with E-state index in [4.69, 9.17) is 4.42 Å². The summed E-state index contributed by atoms with van der Waals surface area (Å²) in [7, 11) is 0. The molecule has 0 radical (unpaired) electrons. The number of carbonyl (C=O) groups excluding carboxylic acids is 2. The van der Waals surface area contributed by atoms with Gasteiger partial charge in [0.05, 0.1) is 11.8 Å². The lowest BCUT2D eigenvalue weighted by Gasteiger charge is -2.30. The van der Waals surface area contributed by atoms with E-state index in [2.05, 4.69) is 15.2 Å². The molecule has 2 bridgehead atoms. The normalized spacial score (nSPS) is 27.3. The molecule has 5 heterocycles. The van der Waals surface area contributed by atoms with Crippen LogP contribution >= 0.6 is 0 Å². The SMILES string of the molecule is O=C(N[C@@H]1C[C@H]2CCN(C2)C1)c1cc2c(C(=O)N3CCCC3)coc2cn1. The smallest absolute Gasteiger partial charge is 0.270 e. The molecule has 3 atom stereocenters. The minimum atomic E-state index is -0.176. The third-order valence-electron chi connectivity index (χ3n) is 6.12. The maximum Gasteiger partial charge on any atom is 0.270 e. The fourth-order valence-electron chi connectivity index (χ4n) is 4.74. The zero-order valence-electron chi connectivity index (χ0n) is 15.3. The fourth-order valence-corrected chi connectivity index (χ4v) is 4.74. The highest BCUT2D eigenvalue weighted by Crippen LogP contribution is 2.27. The number of piperidine rings is 1. The standard InChI is InChI=1S/C20H24N4O3/c25-19(22-14-7-13-3-6-23(10-13)11-14)17-8-15-16(12-27-18(15)9-21-17)20(26)24-4-1-2-5-24/h8-9,12-14H,1-7,10-11H2,(H,22,25)/t13-,14-/m1/s1. The first-order chi connectivity index (χ1) is 13.2. The molecule has 0 aliphatic carbocycles. The van der Waals surface area contributed by atoms with Crippen LogP contribution in [0.25, 0.3) is 11.0 Å². The van der Waals surface area contributed by atoms with Gasteiger partial charge in [0.25, 0.3) is 11.8 Å². The van der Waals surface area contributed by atoms with Crippen molar-refractivity contribution in [3.8, 4) is 0 Å². The average molecular weight is 368 g/mol. The predicted molar refractivity (Wildman–Crippen MR) is 99.6 cm³/mol. The van der Waals surface area contributed by atoms with Gasteiger partial charge in [-0.1, -0.05) is 0 Å². The molecule has 5 rings (SSSR count). The second-order valence-electron chi connectivity index (χ2n) is 8.03. The number of aromatic nitrogens is 1. The number of amides is 2. The summed E-state index contributed by atoms with van der Waals surface area (Å²) in [4.78, 5) is 34.0. The van der Waals surface area contributed by atoms with Crippen LogP contribution in [-0.4, -0.2) is 65.4 Å². The van der Waals surface area contributed by atoms with Gasteiger partial charge in [-0.15, -0.1) is 0 Å². The predicted octanol–water partition coefficient (Wildman–Crippen LogP) is 1.89. The van der Waals surface area contributed by atoms with Crippen molar-refractivity contribution in [2.45, 2.75) is 31.7 Å². The van der Waals surface area contributed by atoms with Crippen molar-refractivity contribution < 1.29 is 14.0 Å². The first-order valence-corrected chi connectivity index (χ1v) is 9.87. The molecule has 1 unspecified atom stereocenters. The van der Waals surface area contributed by atoms with E-state index in [1.165, 1.54) is 12.7 Å².